The Hall–Kier alpha value is -2.91. The maximum Gasteiger partial charge on any atom is 0.311 e. The molecule has 0 bridgehead atoms. The highest BCUT2D eigenvalue weighted by atomic mass is 79.9. The van der Waals surface area contributed by atoms with Crippen LogP contribution in [-0.2, 0) is 22.6 Å². The molecule has 0 amide bonds. The summed E-state index contributed by atoms with van der Waals surface area (Å²) in [6, 6.07) is 13.5. The molecular weight excluding hydrogens is 482 g/mol. The van der Waals surface area contributed by atoms with Gasteiger partial charge in [0, 0.05) is 9.85 Å². The van der Waals surface area contributed by atoms with Gasteiger partial charge in [-0.3, -0.25) is 10.2 Å². The minimum Gasteiger partial charge on any atom is -0.493 e. The van der Waals surface area contributed by atoms with E-state index in [0.29, 0.717) is 35.5 Å². The van der Waals surface area contributed by atoms with Crippen molar-refractivity contribution >= 4 is 44.6 Å². The van der Waals surface area contributed by atoms with E-state index in [-0.39, 0.29) is 12.4 Å². The van der Waals surface area contributed by atoms with Crippen LogP contribution in [0.15, 0.2) is 57.4 Å². The lowest BCUT2D eigenvalue weighted by molar-refractivity contribution is -0.142. The van der Waals surface area contributed by atoms with E-state index in [1.165, 1.54) is 11.3 Å². The number of nitrogens with zero attached hydrogens (tertiary/aromatic N) is 2. The van der Waals surface area contributed by atoms with Crippen molar-refractivity contribution in [2.45, 2.75) is 20.0 Å². The molecule has 0 aliphatic carbocycles. The molecule has 3 aromatic rings. The van der Waals surface area contributed by atoms with Gasteiger partial charge in [0.1, 0.15) is 6.61 Å². The SMILES string of the molecule is CCOC(=O)Cc1csc(NN=Cc2ccc(OCc3cccc(Br)c3)c(OC)c2)n1. The zero-order chi connectivity index (χ0) is 22.1. The molecule has 7 nitrogen and oxygen atoms in total. The fraction of sp³-hybridized carbons (Fsp3) is 0.227. The zero-order valence-electron chi connectivity index (χ0n) is 17.1. The van der Waals surface area contributed by atoms with Crippen LogP contribution in [0.5, 0.6) is 11.5 Å². The van der Waals surface area contributed by atoms with Crippen molar-refractivity contribution in [3.8, 4) is 11.5 Å². The van der Waals surface area contributed by atoms with E-state index < -0.39 is 0 Å². The van der Waals surface area contributed by atoms with Crippen LogP contribution >= 0.6 is 27.3 Å². The molecule has 162 valence electrons. The van der Waals surface area contributed by atoms with Crippen LogP contribution in [0.2, 0.25) is 0 Å². The number of carbonyl (C=O) groups is 1. The van der Waals surface area contributed by atoms with Crippen molar-refractivity contribution in [1.29, 1.82) is 0 Å². The average Bonchev–Trinajstić information content (AvgIpc) is 3.19. The Kier molecular flexibility index (Phi) is 8.43. The largest absolute Gasteiger partial charge is 0.493 e. The van der Waals surface area contributed by atoms with Gasteiger partial charge in [-0.15, -0.1) is 11.3 Å². The molecule has 0 aliphatic rings. The molecule has 1 aromatic heterocycles. The molecule has 0 fully saturated rings. The zero-order valence-corrected chi connectivity index (χ0v) is 19.5. The van der Waals surface area contributed by atoms with Gasteiger partial charge in [-0.1, -0.05) is 28.1 Å². The van der Waals surface area contributed by atoms with E-state index in [4.69, 9.17) is 14.2 Å². The molecule has 2 aromatic carbocycles. The molecule has 0 unspecified atom stereocenters. The van der Waals surface area contributed by atoms with Gasteiger partial charge in [-0.05, 0) is 48.4 Å². The molecule has 0 saturated heterocycles. The Morgan fingerprint density at radius 1 is 1.26 bits per heavy atom. The highest BCUT2D eigenvalue weighted by Crippen LogP contribution is 2.28. The van der Waals surface area contributed by atoms with Gasteiger partial charge >= 0.3 is 5.97 Å². The number of halogens is 1. The van der Waals surface area contributed by atoms with Crippen molar-refractivity contribution in [3.63, 3.8) is 0 Å². The van der Waals surface area contributed by atoms with Crippen LogP contribution < -0.4 is 14.9 Å². The van der Waals surface area contributed by atoms with Crippen LogP contribution in [0.3, 0.4) is 0 Å². The quantitative estimate of drug-likeness (QED) is 0.237. The predicted octanol–water partition coefficient (Wildman–Crippen LogP) is 5.04. The summed E-state index contributed by atoms with van der Waals surface area (Å²) >= 11 is 4.83. The number of nitrogens with one attached hydrogen (secondary N) is 1. The predicted molar refractivity (Wildman–Crippen MR) is 125 cm³/mol. The first-order valence-electron chi connectivity index (χ1n) is 9.51. The number of methoxy groups -OCH3 is 1. The van der Waals surface area contributed by atoms with E-state index in [0.717, 1.165) is 15.6 Å². The lowest BCUT2D eigenvalue weighted by Gasteiger charge is -2.11. The number of rotatable bonds is 10. The van der Waals surface area contributed by atoms with Crippen LogP contribution in [-0.4, -0.2) is 30.9 Å². The van der Waals surface area contributed by atoms with Crippen molar-refractivity contribution in [3.05, 3.63) is 69.1 Å². The maximum atomic E-state index is 11.5. The van der Waals surface area contributed by atoms with E-state index in [2.05, 4.69) is 31.4 Å². The molecule has 0 saturated carbocycles. The first-order chi connectivity index (χ1) is 15.1. The molecule has 1 heterocycles. The lowest BCUT2D eigenvalue weighted by atomic mass is 10.2. The van der Waals surface area contributed by atoms with Crippen molar-refractivity contribution in [1.82, 2.24) is 4.98 Å². The number of anilines is 1. The summed E-state index contributed by atoms with van der Waals surface area (Å²) in [7, 11) is 1.60. The fourth-order valence-corrected chi connectivity index (χ4v) is 3.74. The Balaban J connectivity index is 1.57. The molecule has 0 radical (unpaired) electrons. The van der Waals surface area contributed by atoms with E-state index in [1.807, 2.05) is 42.5 Å². The van der Waals surface area contributed by atoms with Gasteiger partial charge in [-0.2, -0.15) is 5.10 Å². The average molecular weight is 504 g/mol. The molecule has 31 heavy (non-hydrogen) atoms. The molecule has 0 atom stereocenters. The highest BCUT2D eigenvalue weighted by Gasteiger charge is 2.08. The molecule has 3 rings (SSSR count). The van der Waals surface area contributed by atoms with Crippen LogP contribution in [0.4, 0.5) is 5.13 Å². The summed E-state index contributed by atoms with van der Waals surface area (Å²) in [4.78, 5) is 15.8. The molecule has 0 aliphatic heterocycles. The number of aromatic nitrogens is 1. The minimum absolute atomic E-state index is 0.147. The summed E-state index contributed by atoms with van der Waals surface area (Å²) < 4.78 is 17.3. The van der Waals surface area contributed by atoms with Gasteiger partial charge in [0.15, 0.2) is 11.5 Å². The van der Waals surface area contributed by atoms with Gasteiger partial charge in [0.05, 0.1) is 32.0 Å². The number of thiazole rings is 1. The fourth-order valence-electron chi connectivity index (χ4n) is 2.63. The van der Waals surface area contributed by atoms with Gasteiger partial charge < -0.3 is 14.2 Å². The molecule has 0 spiro atoms. The first kappa shape index (κ1) is 22.8. The number of benzene rings is 2. The van der Waals surface area contributed by atoms with Crippen molar-refractivity contribution in [2.24, 2.45) is 5.10 Å². The number of hydrogen-bond acceptors (Lipinski definition) is 8. The van der Waals surface area contributed by atoms with Gasteiger partial charge in [-0.25, -0.2) is 4.98 Å². The van der Waals surface area contributed by atoms with E-state index in [1.54, 1.807) is 25.6 Å². The van der Waals surface area contributed by atoms with Crippen LogP contribution in [0, 0.1) is 0 Å². The standard InChI is InChI=1S/C22H22BrN3O4S/c1-3-29-21(27)11-18-14-31-22(25-18)26-24-12-15-7-8-19(20(10-15)28-2)30-13-16-5-4-6-17(23)9-16/h4-10,12,14H,3,11,13H2,1-2H3,(H,25,26). The third kappa shape index (κ3) is 7.08. The van der Waals surface area contributed by atoms with Crippen molar-refractivity contribution < 1.29 is 19.0 Å². The molecule has 9 heteroatoms. The smallest absolute Gasteiger partial charge is 0.311 e. The highest BCUT2D eigenvalue weighted by molar-refractivity contribution is 9.10. The summed E-state index contributed by atoms with van der Waals surface area (Å²) in [5, 5.41) is 6.60. The minimum atomic E-state index is -0.294. The normalized spacial score (nSPS) is 10.8. The summed E-state index contributed by atoms with van der Waals surface area (Å²) in [5.74, 6) is 0.971. The second-order valence-electron chi connectivity index (χ2n) is 6.32. The monoisotopic (exact) mass is 503 g/mol. The van der Waals surface area contributed by atoms with Crippen LogP contribution in [0.25, 0.3) is 0 Å². The summed E-state index contributed by atoms with van der Waals surface area (Å²) in [6.07, 6.45) is 1.81. The number of esters is 1. The van der Waals surface area contributed by atoms with Gasteiger partial charge in [0.2, 0.25) is 5.13 Å². The Morgan fingerprint density at radius 3 is 2.90 bits per heavy atom. The lowest BCUT2D eigenvalue weighted by Crippen LogP contribution is -2.07. The van der Waals surface area contributed by atoms with E-state index in [9.17, 15) is 4.79 Å². The topological polar surface area (TPSA) is 82.0 Å². The Bertz CT molecular complexity index is 1050. The van der Waals surface area contributed by atoms with Crippen LogP contribution in [0.1, 0.15) is 23.7 Å². The van der Waals surface area contributed by atoms with Crippen molar-refractivity contribution in [2.75, 3.05) is 19.1 Å². The van der Waals surface area contributed by atoms with E-state index >= 15 is 0 Å². The third-order valence-electron chi connectivity index (χ3n) is 4.03. The number of ether oxygens (including phenoxy) is 3. The Morgan fingerprint density at radius 2 is 2.13 bits per heavy atom. The molecule has 1 N–H and O–H groups in total. The number of hydrazone groups is 1. The number of hydrogen-bond donors (Lipinski definition) is 1. The maximum absolute atomic E-state index is 11.5. The third-order valence-corrected chi connectivity index (χ3v) is 5.32. The van der Waals surface area contributed by atoms with Gasteiger partial charge in [0.25, 0.3) is 0 Å². The summed E-state index contributed by atoms with van der Waals surface area (Å²) in [6.45, 7) is 2.56. The second kappa shape index (κ2) is 11.5. The first-order valence-corrected chi connectivity index (χ1v) is 11.2. The summed E-state index contributed by atoms with van der Waals surface area (Å²) in [5.41, 5.74) is 5.41. The second-order valence-corrected chi connectivity index (χ2v) is 8.10. The number of carbonyl (C=O) groups excluding carboxylic acids is 1. The molecular formula is C22H22BrN3O4S. The Labute approximate surface area is 193 Å².